The van der Waals surface area contributed by atoms with Gasteiger partial charge in [-0.2, -0.15) is 0 Å². The second kappa shape index (κ2) is 6.64. The maximum Gasteiger partial charge on any atom is 0.286 e. The third kappa shape index (κ3) is 3.45. The van der Waals surface area contributed by atoms with E-state index in [-0.39, 0.29) is 17.6 Å². The van der Waals surface area contributed by atoms with Crippen LogP contribution >= 0.6 is 0 Å². The molecule has 0 unspecified atom stereocenters. The van der Waals surface area contributed by atoms with Gasteiger partial charge in [-0.15, -0.1) is 0 Å². The number of furan rings is 1. The van der Waals surface area contributed by atoms with Crippen LogP contribution in [0.25, 0.3) is 11.1 Å². The van der Waals surface area contributed by atoms with Crippen molar-refractivity contribution < 1.29 is 18.7 Å². The van der Waals surface area contributed by atoms with Gasteiger partial charge in [-0.1, -0.05) is 0 Å². The average Bonchev–Trinajstić information content (AvgIpc) is 2.94. The Morgan fingerprint density at radius 3 is 2.56 bits per heavy atom. The molecular formula is C18H17N3O4. The number of carbonyl (C=O) groups is 2. The minimum absolute atomic E-state index is 0.0428. The van der Waals surface area contributed by atoms with Crippen LogP contribution in [0.1, 0.15) is 34.8 Å². The van der Waals surface area contributed by atoms with Gasteiger partial charge < -0.3 is 20.2 Å². The molecule has 3 N–H and O–H groups in total. The van der Waals surface area contributed by atoms with Gasteiger partial charge in [-0.05, 0) is 50.2 Å². The van der Waals surface area contributed by atoms with E-state index in [1.165, 1.54) is 6.20 Å². The lowest BCUT2D eigenvalue weighted by atomic mass is 10.2. The Bertz CT molecular complexity index is 929. The fourth-order valence-electron chi connectivity index (χ4n) is 2.36. The Balaban J connectivity index is 1.89. The van der Waals surface area contributed by atoms with Crippen molar-refractivity contribution in [2.75, 3.05) is 5.32 Å². The molecule has 7 nitrogen and oxygen atoms in total. The highest BCUT2D eigenvalue weighted by atomic mass is 16.5. The summed E-state index contributed by atoms with van der Waals surface area (Å²) in [6.45, 7) is 3.84. The maximum absolute atomic E-state index is 12.5. The van der Waals surface area contributed by atoms with Crippen molar-refractivity contribution in [1.82, 2.24) is 4.98 Å². The Kier molecular flexibility index (Phi) is 4.38. The Hall–Kier alpha value is -3.35. The van der Waals surface area contributed by atoms with Crippen LogP contribution in [-0.4, -0.2) is 22.9 Å². The summed E-state index contributed by atoms with van der Waals surface area (Å²) in [5.41, 5.74) is 6.63. The second-order valence-corrected chi connectivity index (χ2v) is 5.67. The number of aromatic nitrogens is 1. The van der Waals surface area contributed by atoms with Crippen LogP contribution in [0, 0.1) is 0 Å². The maximum atomic E-state index is 12.5. The number of fused-ring (bicyclic) bond motifs is 1. The lowest BCUT2D eigenvalue weighted by molar-refractivity contribution is 0.0977. The molecule has 1 aromatic carbocycles. The zero-order valence-corrected chi connectivity index (χ0v) is 13.8. The van der Waals surface area contributed by atoms with Gasteiger partial charge in [-0.3, -0.25) is 14.6 Å². The molecule has 0 aliphatic rings. The molecule has 0 aliphatic carbocycles. The number of hydrogen-bond donors (Lipinski definition) is 2. The summed E-state index contributed by atoms with van der Waals surface area (Å²) in [6, 6.07) is 9.97. The van der Waals surface area contributed by atoms with Gasteiger partial charge in [0.05, 0.1) is 6.10 Å². The third-order valence-electron chi connectivity index (χ3n) is 3.40. The first kappa shape index (κ1) is 16.5. The van der Waals surface area contributed by atoms with Crippen molar-refractivity contribution in [2.24, 2.45) is 5.73 Å². The molecule has 0 saturated carbocycles. The first-order chi connectivity index (χ1) is 12.0. The summed E-state index contributed by atoms with van der Waals surface area (Å²) in [5.74, 6) is -0.664. The van der Waals surface area contributed by atoms with Crippen molar-refractivity contribution >= 4 is 28.6 Å². The SMILES string of the molecule is CC(C)Oc1ccc(C(=O)Nc2c(C(N)=O)oc3cccnc23)cc1. The topological polar surface area (TPSA) is 107 Å². The van der Waals surface area contributed by atoms with E-state index in [0.29, 0.717) is 22.4 Å². The number of nitrogens with two attached hydrogens (primary N) is 1. The average molecular weight is 339 g/mol. The zero-order chi connectivity index (χ0) is 18.0. The quantitative estimate of drug-likeness (QED) is 0.743. The highest BCUT2D eigenvalue weighted by Gasteiger charge is 2.21. The van der Waals surface area contributed by atoms with Gasteiger partial charge in [0.1, 0.15) is 17.0 Å². The minimum Gasteiger partial charge on any atom is -0.491 e. The van der Waals surface area contributed by atoms with E-state index in [9.17, 15) is 9.59 Å². The largest absolute Gasteiger partial charge is 0.491 e. The second-order valence-electron chi connectivity index (χ2n) is 5.67. The number of hydrogen-bond acceptors (Lipinski definition) is 5. The number of ether oxygens (including phenoxy) is 1. The van der Waals surface area contributed by atoms with E-state index in [0.717, 1.165) is 0 Å². The van der Waals surface area contributed by atoms with Crippen molar-refractivity contribution in [3.63, 3.8) is 0 Å². The van der Waals surface area contributed by atoms with Crippen LogP contribution in [0.5, 0.6) is 5.75 Å². The van der Waals surface area contributed by atoms with Crippen LogP contribution in [0.3, 0.4) is 0 Å². The molecule has 2 heterocycles. The zero-order valence-electron chi connectivity index (χ0n) is 13.8. The Labute approximate surface area is 143 Å². The first-order valence-corrected chi connectivity index (χ1v) is 7.71. The molecule has 0 fully saturated rings. The number of carbonyl (C=O) groups excluding carboxylic acids is 2. The van der Waals surface area contributed by atoms with Crippen LogP contribution < -0.4 is 15.8 Å². The number of anilines is 1. The standard InChI is InChI=1S/C18H17N3O4/c1-10(2)24-12-7-5-11(6-8-12)18(23)21-15-14-13(4-3-9-20-14)25-16(15)17(19)22/h3-10H,1-2H3,(H2,19,22)(H,21,23). The summed E-state index contributed by atoms with van der Waals surface area (Å²) in [5, 5.41) is 2.65. The highest BCUT2D eigenvalue weighted by Crippen LogP contribution is 2.29. The number of nitrogens with zero attached hydrogens (tertiary/aromatic N) is 1. The van der Waals surface area contributed by atoms with E-state index in [1.807, 2.05) is 13.8 Å². The number of pyridine rings is 1. The van der Waals surface area contributed by atoms with E-state index in [1.54, 1.807) is 36.4 Å². The number of benzene rings is 1. The summed E-state index contributed by atoms with van der Waals surface area (Å²) < 4.78 is 10.9. The lowest BCUT2D eigenvalue weighted by Gasteiger charge is -2.10. The van der Waals surface area contributed by atoms with Gasteiger partial charge in [0, 0.05) is 11.8 Å². The summed E-state index contributed by atoms with van der Waals surface area (Å²) in [7, 11) is 0. The normalized spacial score (nSPS) is 10.8. The third-order valence-corrected chi connectivity index (χ3v) is 3.40. The predicted molar refractivity (Wildman–Crippen MR) is 92.7 cm³/mol. The molecule has 0 bridgehead atoms. The van der Waals surface area contributed by atoms with Gasteiger partial charge in [0.2, 0.25) is 5.76 Å². The van der Waals surface area contributed by atoms with Crippen molar-refractivity contribution in [3.05, 3.63) is 53.9 Å². The molecule has 0 aliphatic heterocycles. The number of primary amides is 1. The van der Waals surface area contributed by atoms with Crippen molar-refractivity contribution in [3.8, 4) is 5.75 Å². The molecule has 0 atom stereocenters. The molecule has 7 heteroatoms. The van der Waals surface area contributed by atoms with E-state index >= 15 is 0 Å². The van der Waals surface area contributed by atoms with Crippen LogP contribution in [0.2, 0.25) is 0 Å². The smallest absolute Gasteiger partial charge is 0.286 e. The fourth-order valence-corrected chi connectivity index (χ4v) is 2.36. The molecule has 3 aromatic rings. The number of amides is 2. The molecule has 0 spiro atoms. The van der Waals surface area contributed by atoms with Crippen LogP contribution in [-0.2, 0) is 0 Å². The lowest BCUT2D eigenvalue weighted by Crippen LogP contribution is -2.17. The number of nitrogens with one attached hydrogen (secondary N) is 1. The summed E-state index contributed by atoms with van der Waals surface area (Å²) >= 11 is 0. The molecule has 0 radical (unpaired) electrons. The molecule has 2 amide bonds. The monoisotopic (exact) mass is 339 g/mol. The fraction of sp³-hybridized carbons (Fsp3) is 0.167. The molecule has 128 valence electrons. The van der Waals surface area contributed by atoms with Crippen molar-refractivity contribution in [1.29, 1.82) is 0 Å². The predicted octanol–water partition coefficient (Wildman–Crippen LogP) is 2.97. The molecular weight excluding hydrogens is 322 g/mol. The first-order valence-electron chi connectivity index (χ1n) is 7.71. The molecule has 3 rings (SSSR count). The minimum atomic E-state index is -0.783. The summed E-state index contributed by atoms with van der Waals surface area (Å²) in [4.78, 5) is 28.2. The molecule has 25 heavy (non-hydrogen) atoms. The van der Waals surface area contributed by atoms with Crippen LogP contribution in [0.4, 0.5) is 5.69 Å². The molecule has 2 aromatic heterocycles. The Morgan fingerprint density at radius 2 is 1.92 bits per heavy atom. The highest BCUT2D eigenvalue weighted by molar-refractivity contribution is 6.13. The number of rotatable bonds is 5. The van der Waals surface area contributed by atoms with E-state index in [4.69, 9.17) is 14.9 Å². The van der Waals surface area contributed by atoms with Gasteiger partial charge in [-0.25, -0.2) is 0 Å². The van der Waals surface area contributed by atoms with Gasteiger partial charge in [0.25, 0.3) is 11.8 Å². The van der Waals surface area contributed by atoms with Crippen molar-refractivity contribution in [2.45, 2.75) is 20.0 Å². The van der Waals surface area contributed by atoms with E-state index in [2.05, 4.69) is 10.3 Å². The van der Waals surface area contributed by atoms with Crippen LogP contribution in [0.15, 0.2) is 47.0 Å². The summed E-state index contributed by atoms with van der Waals surface area (Å²) in [6.07, 6.45) is 1.58. The van der Waals surface area contributed by atoms with Gasteiger partial charge >= 0.3 is 0 Å². The van der Waals surface area contributed by atoms with Gasteiger partial charge in [0.15, 0.2) is 5.58 Å². The Morgan fingerprint density at radius 1 is 1.20 bits per heavy atom. The molecule has 0 saturated heterocycles. The van der Waals surface area contributed by atoms with E-state index < -0.39 is 11.8 Å².